The van der Waals surface area contributed by atoms with Gasteiger partial charge in [-0.2, -0.15) is 4.98 Å². The Bertz CT molecular complexity index is 905. The number of aromatic nitrogens is 5. The first kappa shape index (κ1) is 18.7. The van der Waals surface area contributed by atoms with Crippen LogP contribution in [-0.2, 0) is 6.54 Å². The molecule has 0 saturated carbocycles. The standard InChI is InChI=1S/C16H20N8O2S/c1-8(2)14-21-12(24-26-14)7-19-13(25)10-4-5-11(18-6-10)20-9(3)15-22-23-16(17)27-15/h4-6,8-9H,7H2,1-3H3,(H2,17,23)(H,18,20)(H,19,25)/t9-/m0/s1. The van der Waals surface area contributed by atoms with Gasteiger partial charge < -0.3 is 20.9 Å². The summed E-state index contributed by atoms with van der Waals surface area (Å²) in [5, 5.41) is 18.7. The molecule has 0 spiro atoms. The summed E-state index contributed by atoms with van der Waals surface area (Å²) in [7, 11) is 0. The van der Waals surface area contributed by atoms with Crippen LogP contribution in [0.15, 0.2) is 22.9 Å². The van der Waals surface area contributed by atoms with Gasteiger partial charge in [0.2, 0.25) is 11.0 Å². The summed E-state index contributed by atoms with van der Waals surface area (Å²) in [6.07, 6.45) is 1.49. The van der Waals surface area contributed by atoms with E-state index in [2.05, 4.69) is 36.0 Å². The molecule has 0 aromatic carbocycles. The normalized spacial score (nSPS) is 12.1. The maximum Gasteiger partial charge on any atom is 0.253 e. The predicted octanol–water partition coefficient (Wildman–Crippen LogP) is 2.12. The zero-order valence-electron chi connectivity index (χ0n) is 15.1. The van der Waals surface area contributed by atoms with Gasteiger partial charge >= 0.3 is 0 Å². The number of nitrogens with zero attached hydrogens (tertiary/aromatic N) is 5. The Morgan fingerprint density at radius 2 is 2.11 bits per heavy atom. The lowest BCUT2D eigenvalue weighted by molar-refractivity contribution is 0.0949. The summed E-state index contributed by atoms with van der Waals surface area (Å²) >= 11 is 1.31. The second kappa shape index (κ2) is 8.08. The second-order valence-electron chi connectivity index (χ2n) is 6.16. The van der Waals surface area contributed by atoms with Crippen molar-refractivity contribution in [3.8, 4) is 0 Å². The van der Waals surface area contributed by atoms with E-state index >= 15 is 0 Å². The van der Waals surface area contributed by atoms with Crippen LogP contribution in [0.5, 0.6) is 0 Å². The van der Waals surface area contributed by atoms with Gasteiger partial charge in [0, 0.05) is 12.1 Å². The second-order valence-corrected chi connectivity index (χ2v) is 7.20. The molecule has 0 bridgehead atoms. The summed E-state index contributed by atoms with van der Waals surface area (Å²) in [5.41, 5.74) is 6.02. The summed E-state index contributed by atoms with van der Waals surface area (Å²) in [5.74, 6) is 1.47. The van der Waals surface area contributed by atoms with Crippen molar-refractivity contribution < 1.29 is 9.32 Å². The molecule has 1 amide bonds. The number of nitrogens with one attached hydrogen (secondary N) is 2. The summed E-state index contributed by atoms with van der Waals surface area (Å²) in [6, 6.07) is 3.31. The Labute approximate surface area is 159 Å². The lowest BCUT2D eigenvalue weighted by Crippen LogP contribution is -2.23. The molecule has 142 valence electrons. The van der Waals surface area contributed by atoms with Gasteiger partial charge in [-0.3, -0.25) is 4.79 Å². The van der Waals surface area contributed by atoms with Crippen LogP contribution in [0.3, 0.4) is 0 Å². The number of pyridine rings is 1. The molecule has 3 rings (SSSR count). The van der Waals surface area contributed by atoms with E-state index < -0.39 is 0 Å². The van der Waals surface area contributed by atoms with Crippen LogP contribution in [0.25, 0.3) is 0 Å². The van der Waals surface area contributed by atoms with E-state index in [1.54, 1.807) is 12.1 Å². The van der Waals surface area contributed by atoms with Crippen molar-refractivity contribution in [2.24, 2.45) is 0 Å². The summed E-state index contributed by atoms with van der Waals surface area (Å²) in [6.45, 7) is 6.03. The lowest BCUT2D eigenvalue weighted by Gasteiger charge is -2.11. The van der Waals surface area contributed by atoms with Crippen LogP contribution in [-0.4, -0.2) is 31.2 Å². The van der Waals surface area contributed by atoms with E-state index in [0.717, 1.165) is 5.01 Å². The van der Waals surface area contributed by atoms with E-state index in [0.29, 0.717) is 28.2 Å². The highest BCUT2D eigenvalue weighted by Crippen LogP contribution is 2.22. The van der Waals surface area contributed by atoms with Crippen molar-refractivity contribution in [2.45, 2.75) is 39.3 Å². The van der Waals surface area contributed by atoms with Gasteiger partial charge in [0.25, 0.3) is 5.91 Å². The lowest BCUT2D eigenvalue weighted by atomic mass is 10.2. The molecule has 11 heteroatoms. The molecule has 10 nitrogen and oxygen atoms in total. The third kappa shape index (κ3) is 4.76. The molecule has 3 heterocycles. The number of anilines is 2. The number of carbonyl (C=O) groups is 1. The number of carbonyl (C=O) groups excluding carboxylic acids is 1. The molecule has 1 atom stereocenters. The Morgan fingerprint density at radius 1 is 1.30 bits per heavy atom. The number of rotatable bonds is 7. The van der Waals surface area contributed by atoms with E-state index in [-0.39, 0.29) is 24.4 Å². The van der Waals surface area contributed by atoms with Crippen LogP contribution in [0, 0.1) is 0 Å². The maximum absolute atomic E-state index is 12.2. The van der Waals surface area contributed by atoms with Crippen LogP contribution in [0.1, 0.15) is 59.8 Å². The van der Waals surface area contributed by atoms with Gasteiger partial charge in [0.1, 0.15) is 10.8 Å². The third-order valence-electron chi connectivity index (χ3n) is 3.60. The molecular weight excluding hydrogens is 368 g/mol. The van der Waals surface area contributed by atoms with Crippen molar-refractivity contribution in [3.63, 3.8) is 0 Å². The average Bonchev–Trinajstić information content (AvgIpc) is 3.29. The fraction of sp³-hybridized carbons (Fsp3) is 0.375. The van der Waals surface area contributed by atoms with E-state index in [1.165, 1.54) is 17.5 Å². The van der Waals surface area contributed by atoms with Gasteiger partial charge in [0.15, 0.2) is 5.82 Å². The van der Waals surface area contributed by atoms with Gasteiger partial charge in [0.05, 0.1) is 18.2 Å². The average molecular weight is 388 g/mol. The fourth-order valence-corrected chi connectivity index (χ4v) is 2.77. The topological polar surface area (TPSA) is 145 Å². The molecule has 0 aliphatic rings. The molecule has 0 aliphatic heterocycles. The first-order valence-electron chi connectivity index (χ1n) is 8.34. The largest absolute Gasteiger partial charge is 0.374 e. The van der Waals surface area contributed by atoms with Crippen LogP contribution < -0.4 is 16.4 Å². The van der Waals surface area contributed by atoms with Crippen molar-refractivity contribution >= 4 is 28.2 Å². The van der Waals surface area contributed by atoms with Crippen molar-refractivity contribution in [1.29, 1.82) is 0 Å². The predicted molar refractivity (Wildman–Crippen MR) is 100 cm³/mol. The molecular formula is C16H20N8O2S. The minimum absolute atomic E-state index is 0.0969. The molecule has 3 aromatic heterocycles. The van der Waals surface area contributed by atoms with Gasteiger partial charge in [-0.25, -0.2) is 4.98 Å². The number of hydrogen-bond donors (Lipinski definition) is 3. The number of hydrogen-bond acceptors (Lipinski definition) is 10. The quantitative estimate of drug-likeness (QED) is 0.554. The van der Waals surface area contributed by atoms with Crippen molar-refractivity contribution in [2.75, 3.05) is 11.1 Å². The number of nitrogen functional groups attached to an aromatic ring is 1. The number of nitrogens with two attached hydrogens (primary N) is 1. The molecule has 0 aliphatic carbocycles. The number of amides is 1. The molecule has 0 saturated heterocycles. The maximum atomic E-state index is 12.2. The van der Waals surface area contributed by atoms with Gasteiger partial charge in [-0.1, -0.05) is 30.3 Å². The molecule has 0 fully saturated rings. The highest BCUT2D eigenvalue weighted by atomic mass is 32.1. The summed E-state index contributed by atoms with van der Waals surface area (Å²) in [4.78, 5) is 20.7. The summed E-state index contributed by atoms with van der Waals surface area (Å²) < 4.78 is 5.11. The SMILES string of the molecule is CC(C)c1nc(CNC(=O)c2ccc(N[C@@H](C)c3nnc(N)s3)nc2)no1. The zero-order valence-corrected chi connectivity index (χ0v) is 15.9. The zero-order chi connectivity index (χ0) is 19.4. The minimum Gasteiger partial charge on any atom is -0.374 e. The van der Waals surface area contributed by atoms with Gasteiger partial charge in [-0.05, 0) is 19.1 Å². The minimum atomic E-state index is -0.269. The van der Waals surface area contributed by atoms with Crippen molar-refractivity contribution in [3.05, 3.63) is 40.6 Å². The van der Waals surface area contributed by atoms with Gasteiger partial charge in [-0.15, -0.1) is 10.2 Å². The smallest absolute Gasteiger partial charge is 0.253 e. The Kier molecular flexibility index (Phi) is 5.60. The molecule has 27 heavy (non-hydrogen) atoms. The molecule has 0 unspecified atom stereocenters. The molecule has 0 radical (unpaired) electrons. The van der Waals surface area contributed by atoms with E-state index in [1.807, 2.05) is 20.8 Å². The molecule has 3 aromatic rings. The Balaban J connectivity index is 1.55. The van der Waals surface area contributed by atoms with E-state index in [4.69, 9.17) is 10.3 Å². The Hall–Kier alpha value is -3.08. The van der Waals surface area contributed by atoms with E-state index in [9.17, 15) is 4.79 Å². The molecule has 4 N–H and O–H groups in total. The fourth-order valence-electron chi connectivity index (χ4n) is 2.15. The highest BCUT2D eigenvalue weighted by Gasteiger charge is 2.14. The highest BCUT2D eigenvalue weighted by molar-refractivity contribution is 7.15. The van der Waals surface area contributed by atoms with Crippen LogP contribution in [0.2, 0.25) is 0 Å². The Morgan fingerprint density at radius 3 is 2.70 bits per heavy atom. The van der Waals surface area contributed by atoms with Crippen LogP contribution in [0.4, 0.5) is 10.9 Å². The van der Waals surface area contributed by atoms with Crippen molar-refractivity contribution in [1.82, 2.24) is 30.6 Å². The first-order valence-corrected chi connectivity index (χ1v) is 9.16. The first-order chi connectivity index (χ1) is 12.9. The third-order valence-corrected chi connectivity index (χ3v) is 4.54. The van der Waals surface area contributed by atoms with Crippen LogP contribution >= 0.6 is 11.3 Å². The monoisotopic (exact) mass is 388 g/mol.